The summed E-state index contributed by atoms with van der Waals surface area (Å²) in [5.41, 5.74) is 12.9. The van der Waals surface area contributed by atoms with Gasteiger partial charge in [-0.1, -0.05) is 60.7 Å². The van der Waals surface area contributed by atoms with Crippen LogP contribution >= 0.6 is 0 Å². The predicted molar refractivity (Wildman–Crippen MR) is 91.0 cm³/mol. The number of benzene rings is 2. The van der Waals surface area contributed by atoms with Crippen molar-refractivity contribution in [3.63, 3.8) is 0 Å². The Morgan fingerprint density at radius 2 is 1.24 bits per heavy atom. The van der Waals surface area contributed by atoms with Crippen LogP contribution in [0, 0.1) is 0 Å². The lowest BCUT2D eigenvalue weighted by Gasteiger charge is -2.04. The van der Waals surface area contributed by atoms with Gasteiger partial charge in [0.05, 0.1) is 0 Å². The molecular weight excluding hydrogens is 258 g/mol. The molecule has 0 amide bonds. The summed E-state index contributed by atoms with van der Waals surface area (Å²) in [4.78, 5) is 0. The normalized spacial score (nSPS) is 9.81. The van der Waals surface area contributed by atoms with E-state index in [-0.39, 0.29) is 0 Å². The minimum absolute atomic E-state index is 0.719. The fourth-order valence-corrected chi connectivity index (χ4v) is 1.82. The molecule has 0 unspecified atom stereocenters. The third-order valence-electron chi connectivity index (χ3n) is 3.01. The zero-order valence-electron chi connectivity index (χ0n) is 12.7. The standard InChI is InChI=1S/C15H17N.C3H10N2/c1-3-7-14(8-4-1)11-12-16-13-15-9-5-2-6-10-15;4-2-1-3-5/h1-10,16H,11-13H2;1-5H2. The van der Waals surface area contributed by atoms with E-state index in [1.54, 1.807) is 0 Å². The Morgan fingerprint density at radius 1 is 0.714 bits per heavy atom. The molecule has 114 valence electrons. The van der Waals surface area contributed by atoms with Gasteiger partial charge in [0.25, 0.3) is 0 Å². The highest BCUT2D eigenvalue weighted by atomic mass is 14.8. The Morgan fingerprint density at radius 3 is 1.71 bits per heavy atom. The molecule has 2 rings (SSSR count). The fraction of sp³-hybridized carbons (Fsp3) is 0.333. The van der Waals surface area contributed by atoms with Gasteiger partial charge in [-0.2, -0.15) is 0 Å². The minimum atomic E-state index is 0.719. The maximum Gasteiger partial charge on any atom is 0.0205 e. The molecule has 2 aromatic carbocycles. The first kappa shape index (κ1) is 17.4. The van der Waals surface area contributed by atoms with Crippen LogP contribution in [0.3, 0.4) is 0 Å². The molecule has 0 atom stereocenters. The monoisotopic (exact) mass is 285 g/mol. The van der Waals surface area contributed by atoms with Crippen molar-refractivity contribution >= 4 is 0 Å². The average Bonchev–Trinajstić information content (AvgIpc) is 2.55. The molecule has 0 spiro atoms. The van der Waals surface area contributed by atoms with Gasteiger partial charge in [-0.15, -0.1) is 0 Å². The van der Waals surface area contributed by atoms with Gasteiger partial charge in [0.1, 0.15) is 0 Å². The molecule has 0 aliphatic heterocycles. The van der Waals surface area contributed by atoms with Crippen LogP contribution in [0.4, 0.5) is 0 Å². The van der Waals surface area contributed by atoms with Crippen molar-refractivity contribution in [1.82, 2.24) is 5.32 Å². The smallest absolute Gasteiger partial charge is 0.0205 e. The molecule has 2 aromatic rings. The summed E-state index contributed by atoms with van der Waals surface area (Å²) in [7, 11) is 0. The molecule has 0 aliphatic rings. The Bertz CT molecular complexity index is 399. The van der Waals surface area contributed by atoms with Gasteiger partial charge in [-0.3, -0.25) is 0 Å². The summed E-state index contributed by atoms with van der Waals surface area (Å²) < 4.78 is 0. The maximum absolute atomic E-state index is 5.06. The molecule has 0 fully saturated rings. The second-order valence-corrected chi connectivity index (χ2v) is 4.83. The number of hydrogen-bond acceptors (Lipinski definition) is 3. The first-order valence-electron chi connectivity index (χ1n) is 7.55. The van der Waals surface area contributed by atoms with E-state index in [1.165, 1.54) is 11.1 Å². The van der Waals surface area contributed by atoms with Crippen LogP contribution < -0.4 is 16.8 Å². The van der Waals surface area contributed by atoms with Gasteiger partial charge in [-0.25, -0.2) is 0 Å². The molecule has 0 radical (unpaired) electrons. The largest absolute Gasteiger partial charge is 0.330 e. The second kappa shape index (κ2) is 12.1. The van der Waals surface area contributed by atoms with Crippen molar-refractivity contribution in [1.29, 1.82) is 0 Å². The molecule has 3 heteroatoms. The molecule has 0 aliphatic carbocycles. The van der Waals surface area contributed by atoms with Crippen LogP contribution in [-0.4, -0.2) is 19.6 Å². The summed E-state index contributed by atoms with van der Waals surface area (Å²) in [6.45, 7) is 3.42. The van der Waals surface area contributed by atoms with Gasteiger partial charge in [-0.05, 0) is 43.6 Å². The topological polar surface area (TPSA) is 64.1 Å². The van der Waals surface area contributed by atoms with Crippen LogP contribution in [0.25, 0.3) is 0 Å². The predicted octanol–water partition coefficient (Wildman–Crippen LogP) is 2.31. The highest BCUT2D eigenvalue weighted by Gasteiger charge is 1.92. The van der Waals surface area contributed by atoms with Crippen molar-refractivity contribution in [3.8, 4) is 0 Å². The molecule has 0 saturated heterocycles. The van der Waals surface area contributed by atoms with Gasteiger partial charge < -0.3 is 16.8 Å². The van der Waals surface area contributed by atoms with Crippen LogP contribution in [0.15, 0.2) is 60.7 Å². The molecule has 5 N–H and O–H groups in total. The van der Waals surface area contributed by atoms with Crippen LogP contribution in [-0.2, 0) is 13.0 Å². The second-order valence-electron chi connectivity index (χ2n) is 4.83. The number of hydrogen-bond donors (Lipinski definition) is 3. The quantitative estimate of drug-likeness (QED) is 0.684. The van der Waals surface area contributed by atoms with E-state index in [9.17, 15) is 0 Å². The molecule has 3 nitrogen and oxygen atoms in total. The van der Waals surface area contributed by atoms with E-state index in [4.69, 9.17) is 11.5 Å². The third kappa shape index (κ3) is 8.97. The first-order chi connectivity index (χ1) is 10.4. The van der Waals surface area contributed by atoms with Crippen molar-refractivity contribution < 1.29 is 0 Å². The lowest BCUT2D eigenvalue weighted by Crippen LogP contribution is -2.16. The summed E-state index contributed by atoms with van der Waals surface area (Å²) >= 11 is 0. The van der Waals surface area contributed by atoms with Gasteiger partial charge in [0.15, 0.2) is 0 Å². The molecular formula is C18H27N3. The lowest BCUT2D eigenvalue weighted by atomic mass is 10.1. The van der Waals surface area contributed by atoms with E-state index in [2.05, 4.69) is 59.9 Å². The van der Waals surface area contributed by atoms with Crippen molar-refractivity contribution in [3.05, 3.63) is 71.8 Å². The first-order valence-corrected chi connectivity index (χ1v) is 7.55. The van der Waals surface area contributed by atoms with Gasteiger partial charge in [0, 0.05) is 6.54 Å². The number of rotatable bonds is 7. The number of nitrogens with two attached hydrogens (primary N) is 2. The van der Waals surface area contributed by atoms with Gasteiger partial charge in [0.2, 0.25) is 0 Å². The summed E-state index contributed by atoms with van der Waals surface area (Å²) in [5, 5.41) is 3.45. The van der Waals surface area contributed by atoms with E-state index >= 15 is 0 Å². The Labute approximate surface area is 128 Å². The molecule has 0 bridgehead atoms. The summed E-state index contributed by atoms with van der Waals surface area (Å²) in [5.74, 6) is 0. The van der Waals surface area contributed by atoms with Gasteiger partial charge >= 0.3 is 0 Å². The molecule has 0 saturated carbocycles. The van der Waals surface area contributed by atoms with Crippen LogP contribution in [0.2, 0.25) is 0 Å². The molecule has 21 heavy (non-hydrogen) atoms. The fourth-order valence-electron chi connectivity index (χ4n) is 1.82. The zero-order chi connectivity index (χ0) is 15.2. The van der Waals surface area contributed by atoms with E-state index in [1.807, 2.05) is 6.07 Å². The summed E-state index contributed by atoms with van der Waals surface area (Å²) in [6.07, 6.45) is 2.04. The minimum Gasteiger partial charge on any atom is -0.330 e. The van der Waals surface area contributed by atoms with E-state index < -0.39 is 0 Å². The molecule has 0 aromatic heterocycles. The average molecular weight is 285 g/mol. The molecule has 0 heterocycles. The Balaban J connectivity index is 0.000000383. The highest BCUT2D eigenvalue weighted by Crippen LogP contribution is 2.00. The maximum atomic E-state index is 5.06. The van der Waals surface area contributed by atoms with Crippen LogP contribution in [0.1, 0.15) is 17.5 Å². The highest BCUT2D eigenvalue weighted by molar-refractivity contribution is 5.16. The van der Waals surface area contributed by atoms with Crippen molar-refractivity contribution in [2.75, 3.05) is 19.6 Å². The Hall–Kier alpha value is -1.68. The Kier molecular flexibility index (Phi) is 10.0. The van der Waals surface area contributed by atoms with E-state index in [0.717, 1.165) is 39.0 Å². The lowest BCUT2D eigenvalue weighted by molar-refractivity contribution is 0.687. The van der Waals surface area contributed by atoms with E-state index in [0.29, 0.717) is 0 Å². The third-order valence-corrected chi connectivity index (χ3v) is 3.01. The van der Waals surface area contributed by atoms with Crippen molar-refractivity contribution in [2.45, 2.75) is 19.4 Å². The van der Waals surface area contributed by atoms with Crippen LogP contribution in [0.5, 0.6) is 0 Å². The van der Waals surface area contributed by atoms with Crippen molar-refractivity contribution in [2.24, 2.45) is 11.5 Å². The summed E-state index contributed by atoms with van der Waals surface area (Å²) in [6, 6.07) is 21.1. The number of nitrogens with one attached hydrogen (secondary N) is 1. The zero-order valence-corrected chi connectivity index (χ0v) is 12.7. The SMILES string of the molecule is NCCCN.c1ccc(CCNCc2ccccc2)cc1.